The van der Waals surface area contributed by atoms with Gasteiger partial charge in [-0.05, 0) is 36.9 Å². The van der Waals surface area contributed by atoms with Gasteiger partial charge in [0, 0.05) is 49.1 Å². The van der Waals surface area contributed by atoms with E-state index in [1.54, 1.807) is 37.6 Å². The number of amides is 1. The van der Waals surface area contributed by atoms with Gasteiger partial charge >= 0.3 is 0 Å². The number of carbonyl (C=O) groups is 1. The summed E-state index contributed by atoms with van der Waals surface area (Å²) in [6, 6.07) is 22.0. The number of nitrogens with zero attached hydrogens (tertiary/aromatic N) is 6. The zero-order chi connectivity index (χ0) is 30.8. The largest absolute Gasteiger partial charge is 0.494 e. The second-order valence-corrected chi connectivity index (χ2v) is 10.6. The Morgan fingerprint density at radius 1 is 0.955 bits per heavy atom. The third kappa shape index (κ3) is 5.60. The first kappa shape index (κ1) is 28.6. The maximum Gasteiger partial charge on any atom is 0.283 e. The number of nitrogens with one attached hydrogen (secondary N) is 1. The lowest BCUT2D eigenvalue weighted by atomic mass is 10.1. The van der Waals surface area contributed by atoms with E-state index >= 15 is 0 Å². The van der Waals surface area contributed by atoms with Crippen LogP contribution in [0.25, 0.3) is 33.7 Å². The maximum atomic E-state index is 14.1. The van der Waals surface area contributed by atoms with Crippen LogP contribution in [0.1, 0.15) is 5.56 Å². The molecule has 5 aromatic rings. The van der Waals surface area contributed by atoms with Gasteiger partial charge in [-0.15, -0.1) is 0 Å². The van der Waals surface area contributed by atoms with Crippen molar-refractivity contribution < 1.29 is 9.53 Å². The zero-order valence-electron chi connectivity index (χ0n) is 24.5. The molecule has 11 heteroatoms. The molecule has 3 N–H and O–H groups in total. The number of piperazine rings is 1. The molecule has 11 nitrogen and oxygen atoms in total. The summed E-state index contributed by atoms with van der Waals surface area (Å²) < 4.78 is 7.18. The third-order valence-corrected chi connectivity index (χ3v) is 7.70. The molecule has 1 amide bonds. The van der Waals surface area contributed by atoms with E-state index in [0.717, 1.165) is 31.9 Å². The molecule has 0 radical (unpaired) electrons. The number of hydrogen-bond donors (Lipinski definition) is 2. The molecule has 44 heavy (non-hydrogen) atoms. The van der Waals surface area contributed by atoms with Crippen molar-refractivity contribution in [1.29, 1.82) is 0 Å². The van der Waals surface area contributed by atoms with Gasteiger partial charge in [0.1, 0.15) is 17.0 Å². The number of rotatable bonds is 8. The lowest BCUT2D eigenvalue weighted by Crippen LogP contribution is -2.44. The summed E-state index contributed by atoms with van der Waals surface area (Å²) in [4.78, 5) is 44.5. The summed E-state index contributed by atoms with van der Waals surface area (Å²) in [5.41, 5.74) is 9.52. The molecule has 0 saturated carbocycles. The number of fused-ring (bicyclic) bond motifs is 1. The average molecular weight is 589 g/mol. The molecule has 0 aliphatic carbocycles. The van der Waals surface area contributed by atoms with E-state index in [2.05, 4.69) is 38.7 Å². The number of anilines is 3. The topological polar surface area (TPSA) is 132 Å². The number of ether oxygens (including phenoxy) is 1. The Hall–Kier alpha value is -5.55. The summed E-state index contributed by atoms with van der Waals surface area (Å²) in [7, 11) is 3.75. The van der Waals surface area contributed by atoms with E-state index in [1.165, 1.54) is 4.57 Å². The highest BCUT2D eigenvalue weighted by atomic mass is 16.5. The number of benzene rings is 3. The lowest BCUT2D eigenvalue weighted by Gasteiger charge is -2.34. The fourth-order valence-corrected chi connectivity index (χ4v) is 5.20. The smallest absolute Gasteiger partial charge is 0.283 e. The van der Waals surface area contributed by atoms with Gasteiger partial charge in [-0.1, -0.05) is 49.0 Å². The second-order valence-electron chi connectivity index (χ2n) is 10.6. The van der Waals surface area contributed by atoms with Crippen LogP contribution in [0, 0.1) is 0 Å². The molecule has 6 rings (SSSR count). The van der Waals surface area contributed by atoms with Crippen molar-refractivity contribution in [3.63, 3.8) is 0 Å². The van der Waals surface area contributed by atoms with Crippen molar-refractivity contribution >= 4 is 40.0 Å². The van der Waals surface area contributed by atoms with Crippen molar-refractivity contribution in [1.82, 2.24) is 24.4 Å². The molecule has 0 unspecified atom stereocenters. The van der Waals surface area contributed by atoms with E-state index in [-0.39, 0.29) is 28.4 Å². The summed E-state index contributed by atoms with van der Waals surface area (Å²) in [5, 5.41) is 3.25. The van der Waals surface area contributed by atoms with Crippen molar-refractivity contribution in [3.8, 4) is 22.7 Å². The molecule has 3 heterocycles. The minimum Gasteiger partial charge on any atom is -0.494 e. The molecule has 2 aromatic heterocycles. The van der Waals surface area contributed by atoms with E-state index in [0.29, 0.717) is 33.8 Å². The molecular formula is C33H32N8O3. The van der Waals surface area contributed by atoms with Gasteiger partial charge in [-0.3, -0.25) is 14.2 Å². The minimum atomic E-state index is -0.652. The predicted octanol–water partition coefficient (Wildman–Crippen LogP) is 3.85. The van der Waals surface area contributed by atoms with Crippen LogP contribution in [0.4, 0.5) is 17.3 Å². The fourth-order valence-electron chi connectivity index (χ4n) is 5.20. The quantitative estimate of drug-likeness (QED) is 0.260. The van der Waals surface area contributed by atoms with E-state index in [1.807, 2.05) is 48.5 Å². The Labute approximate surface area is 254 Å². The molecule has 0 bridgehead atoms. The van der Waals surface area contributed by atoms with Crippen LogP contribution in [-0.4, -0.2) is 70.7 Å². The molecular weight excluding hydrogens is 556 g/mol. The van der Waals surface area contributed by atoms with Crippen LogP contribution in [0.2, 0.25) is 0 Å². The van der Waals surface area contributed by atoms with Gasteiger partial charge in [0.05, 0.1) is 24.7 Å². The van der Waals surface area contributed by atoms with Crippen LogP contribution in [-0.2, 0) is 4.79 Å². The summed E-state index contributed by atoms with van der Waals surface area (Å²) in [5.74, 6) is 0.237. The number of likely N-dealkylation sites (N-methyl/N-ethyl adjacent to an activating group) is 1. The third-order valence-electron chi connectivity index (χ3n) is 7.70. The fraction of sp³-hybridized carbons (Fsp3) is 0.182. The number of primary amides is 1. The molecule has 3 aromatic carbocycles. The van der Waals surface area contributed by atoms with Gasteiger partial charge in [-0.2, -0.15) is 4.98 Å². The minimum absolute atomic E-state index is 0.130. The molecule has 0 spiro atoms. The summed E-state index contributed by atoms with van der Waals surface area (Å²) >= 11 is 0. The first-order chi connectivity index (χ1) is 21.3. The molecule has 222 valence electrons. The van der Waals surface area contributed by atoms with Crippen LogP contribution in [0.5, 0.6) is 5.75 Å². The SMILES string of the molecule is C=C(C(N)=O)c1cccc(-n2c(=O)c(-c3ccccc3)nc3cnc(Nc4ccc(N5CCN(C)CC5)cc4OC)nc32)c1. The summed E-state index contributed by atoms with van der Waals surface area (Å²) in [6.07, 6.45) is 1.57. The average Bonchev–Trinajstić information content (AvgIpc) is 3.05. The lowest BCUT2D eigenvalue weighted by molar-refractivity contribution is -0.112. The molecule has 1 aliphatic rings. The van der Waals surface area contributed by atoms with E-state index in [4.69, 9.17) is 15.5 Å². The van der Waals surface area contributed by atoms with Gasteiger partial charge in [0.25, 0.3) is 5.56 Å². The number of aromatic nitrogens is 4. The molecule has 1 fully saturated rings. The number of carbonyl (C=O) groups excluding carboxylic acids is 1. The predicted molar refractivity (Wildman–Crippen MR) is 173 cm³/mol. The van der Waals surface area contributed by atoms with Crippen LogP contribution in [0.15, 0.2) is 90.4 Å². The molecule has 1 saturated heterocycles. The Morgan fingerprint density at radius 3 is 2.45 bits per heavy atom. The van der Waals surface area contributed by atoms with Crippen molar-refractivity contribution in [2.45, 2.75) is 0 Å². The Bertz CT molecular complexity index is 1930. The Kier molecular flexibility index (Phi) is 7.78. The highest BCUT2D eigenvalue weighted by Crippen LogP contribution is 2.32. The van der Waals surface area contributed by atoms with Crippen molar-refractivity contribution in [2.24, 2.45) is 5.73 Å². The van der Waals surface area contributed by atoms with Gasteiger partial charge in [0.15, 0.2) is 5.65 Å². The standard InChI is InChI=1S/C33H32N8O3/c1-21(30(34)42)23-10-7-11-25(18-23)41-31-27(36-29(32(41)43)22-8-5-4-6-9-22)20-35-33(38-31)37-26-13-12-24(19-28(26)44-3)40-16-14-39(2)15-17-40/h4-13,18-20H,1,14-17H2,2-3H3,(H2,34,42)(H,35,37,38). The molecule has 1 aliphatic heterocycles. The molecule has 0 atom stereocenters. The van der Waals surface area contributed by atoms with Gasteiger partial charge in [-0.25, -0.2) is 9.97 Å². The Balaban J connectivity index is 1.45. The zero-order valence-corrected chi connectivity index (χ0v) is 24.5. The highest BCUT2D eigenvalue weighted by Gasteiger charge is 2.19. The first-order valence-electron chi connectivity index (χ1n) is 14.2. The number of methoxy groups -OCH3 is 1. The van der Waals surface area contributed by atoms with Crippen LogP contribution in [0.3, 0.4) is 0 Å². The number of hydrogen-bond acceptors (Lipinski definition) is 9. The van der Waals surface area contributed by atoms with Gasteiger partial charge < -0.3 is 25.6 Å². The van der Waals surface area contributed by atoms with E-state index in [9.17, 15) is 9.59 Å². The normalized spacial score (nSPS) is 13.5. The number of nitrogens with two attached hydrogens (primary N) is 1. The van der Waals surface area contributed by atoms with Crippen molar-refractivity contribution in [3.05, 3.63) is 101 Å². The maximum absolute atomic E-state index is 14.1. The summed E-state index contributed by atoms with van der Waals surface area (Å²) in [6.45, 7) is 7.66. The van der Waals surface area contributed by atoms with E-state index < -0.39 is 5.91 Å². The highest BCUT2D eigenvalue weighted by molar-refractivity contribution is 6.18. The Morgan fingerprint density at radius 2 is 1.73 bits per heavy atom. The van der Waals surface area contributed by atoms with Crippen molar-refractivity contribution in [2.75, 3.05) is 50.6 Å². The monoisotopic (exact) mass is 588 g/mol. The van der Waals surface area contributed by atoms with Gasteiger partial charge in [0.2, 0.25) is 11.9 Å². The van der Waals surface area contributed by atoms with Crippen LogP contribution >= 0.6 is 0 Å². The first-order valence-corrected chi connectivity index (χ1v) is 14.2. The van der Waals surface area contributed by atoms with Crippen LogP contribution < -0.4 is 26.2 Å². The second kappa shape index (κ2) is 12.0.